The molecule has 22 heavy (non-hydrogen) atoms. The molecule has 1 aromatic rings. The summed E-state index contributed by atoms with van der Waals surface area (Å²) in [6.07, 6.45) is 0. The van der Waals surface area contributed by atoms with Crippen LogP contribution in [0.5, 0.6) is 5.75 Å². The van der Waals surface area contributed by atoms with Crippen LogP contribution in [0.15, 0.2) is 18.2 Å². The Hall–Kier alpha value is -1.30. The van der Waals surface area contributed by atoms with Crippen LogP contribution in [0.3, 0.4) is 0 Å². The summed E-state index contributed by atoms with van der Waals surface area (Å²) in [7, 11) is 3.95. The summed E-state index contributed by atoms with van der Waals surface area (Å²) in [4.78, 5) is 14.1. The number of nitrogens with zero attached hydrogens (tertiary/aromatic N) is 1. The van der Waals surface area contributed by atoms with Gasteiger partial charge in [-0.3, -0.25) is 4.79 Å². The van der Waals surface area contributed by atoms with Gasteiger partial charge in [-0.05, 0) is 37.7 Å². The third kappa shape index (κ3) is 5.83. The monoisotopic (exact) mass is 327 g/mol. The van der Waals surface area contributed by atoms with Crippen LogP contribution in [0, 0.1) is 5.41 Å². The Bertz CT molecular complexity index is 513. The van der Waals surface area contributed by atoms with Gasteiger partial charge < -0.3 is 20.7 Å². The highest BCUT2D eigenvalue weighted by atomic mass is 35.5. The number of rotatable bonds is 6. The van der Waals surface area contributed by atoms with E-state index in [2.05, 4.69) is 5.32 Å². The third-order valence-corrected chi connectivity index (χ3v) is 3.51. The number of carbonyl (C=O) groups excluding carboxylic acids is 1. The first-order valence-electron chi connectivity index (χ1n) is 7.25. The highest BCUT2D eigenvalue weighted by Gasteiger charge is 2.27. The zero-order chi connectivity index (χ0) is 16.9. The summed E-state index contributed by atoms with van der Waals surface area (Å²) in [6.45, 7) is 7.12. The average Bonchev–Trinajstić information content (AvgIpc) is 2.38. The molecule has 0 aromatic heterocycles. The average molecular weight is 328 g/mol. The molecule has 0 fully saturated rings. The first-order valence-corrected chi connectivity index (χ1v) is 7.62. The van der Waals surface area contributed by atoms with E-state index in [9.17, 15) is 4.79 Å². The number of likely N-dealkylation sites (N-methyl/N-ethyl adjacent to an activating group) is 1. The van der Waals surface area contributed by atoms with Crippen LogP contribution >= 0.6 is 11.6 Å². The van der Waals surface area contributed by atoms with E-state index in [0.29, 0.717) is 23.1 Å². The van der Waals surface area contributed by atoms with Gasteiger partial charge in [-0.15, -0.1) is 0 Å². The summed E-state index contributed by atoms with van der Waals surface area (Å²) in [5.74, 6) is 0.367. The lowest BCUT2D eigenvalue weighted by molar-refractivity contribution is -0.119. The van der Waals surface area contributed by atoms with Gasteiger partial charge in [0.2, 0.25) is 5.91 Å². The van der Waals surface area contributed by atoms with Gasteiger partial charge in [-0.25, -0.2) is 0 Å². The van der Waals surface area contributed by atoms with E-state index in [-0.39, 0.29) is 11.3 Å². The quantitative estimate of drug-likeness (QED) is 0.842. The summed E-state index contributed by atoms with van der Waals surface area (Å²) >= 11 is 6.18. The normalized spacial score (nSPS) is 13.1. The molecule has 0 unspecified atom stereocenters. The molecular weight excluding hydrogens is 302 g/mol. The first-order chi connectivity index (χ1) is 10.1. The molecule has 0 aliphatic carbocycles. The number of amides is 1. The maximum absolute atomic E-state index is 12.1. The van der Waals surface area contributed by atoms with Crippen LogP contribution in [0.2, 0.25) is 5.02 Å². The van der Waals surface area contributed by atoms with E-state index in [1.165, 1.54) is 0 Å². The zero-order valence-electron chi connectivity index (χ0n) is 13.9. The molecule has 6 heteroatoms. The topological polar surface area (TPSA) is 67.6 Å². The van der Waals surface area contributed by atoms with Crippen LogP contribution < -0.4 is 15.8 Å². The molecule has 124 valence electrons. The maximum atomic E-state index is 12.1. The van der Waals surface area contributed by atoms with Gasteiger partial charge in [0, 0.05) is 12.2 Å². The SMILES string of the molecule is CN(C)CCOc1ccc(NC(=O)[C@@H](N)C(C)(C)C)cc1Cl. The summed E-state index contributed by atoms with van der Waals surface area (Å²) < 4.78 is 5.60. The molecule has 1 atom stereocenters. The molecule has 3 N–H and O–H groups in total. The fraction of sp³-hybridized carbons (Fsp3) is 0.562. The molecule has 0 aliphatic heterocycles. The van der Waals surface area contributed by atoms with E-state index in [1.807, 2.05) is 39.8 Å². The number of anilines is 1. The van der Waals surface area contributed by atoms with E-state index in [1.54, 1.807) is 18.2 Å². The van der Waals surface area contributed by atoms with Gasteiger partial charge in [0.1, 0.15) is 12.4 Å². The number of ether oxygens (including phenoxy) is 1. The van der Waals surface area contributed by atoms with Crippen molar-refractivity contribution < 1.29 is 9.53 Å². The van der Waals surface area contributed by atoms with Crippen LogP contribution in [0.25, 0.3) is 0 Å². The van der Waals surface area contributed by atoms with Crippen LogP contribution in [-0.2, 0) is 4.79 Å². The standard InChI is InChI=1S/C16H26ClN3O2/c1-16(2,3)14(18)15(21)19-11-6-7-13(12(17)10-11)22-9-8-20(4)5/h6-7,10,14H,8-9,18H2,1-5H3,(H,19,21)/t14-/m1/s1. The summed E-state index contributed by atoms with van der Waals surface area (Å²) in [5.41, 5.74) is 6.23. The van der Waals surface area contributed by atoms with Crippen LogP contribution in [0.1, 0.15) is 20.8 Å². The van der Waals surface area contributed by atoms with Crippen molar-refractivity contribution in [3.8, 4) is 5.75 Å². The second-order valence-electron chi connectivity index (χ2n) is 6.63. The van der Waals surface area contributed by atoms with Crippen molar-refractivity contribution in [3.63, 3.8) is 0 Å². The predicted molar refractivity (Wildman–Crippen MR) is 91.6 cm³/mol. The van der Waals surface area contributed by atoms with Crippen molar-refractivity contribution in [3.05, 3.63) is 23.2 Å². The smallest absolute Gasteiger partial charge is 0.241 e. The number of hydrogen-bond donors (Lipinski definition) is 2. The fourth-order valence-electron chi connectivity index (χ4n) is 1.65. The minimum Gasteiger partial charge on any atom is -0.491 e. The van der Waals surface area contributed by atoms with Crippen molar-refractivity contribution in [1.82, 2.24) is 4.90 Å². The van der Waals surface area contributed by atoms with E-state index < -0.39 is 6.04 Å². The largest absolute Gasteiger partial charge is 0.491 e. The number of nitrogens with one attached hydrogen (secondary N) is 1. The van der Waals surface area contributed by atoms with Gasteiger partial charge in [0.25, 0.3) is 0 Å². The number of benzene rings is 1. The molecule has 0 radical (unpaired) electrons. The molecule has 0 spiro atoms. The molecule has 0 saturated carbocycles. The second kappa shape index (κ2) is 7.81. The van der Waals surface area contributed by atoms with Crippen LogP contribution in [-0.4, -0.2) is 44.1 Å². The Labute approximate surface area is 137 Å². The lowest BCUT2D eigenvalue weighted by Crippen LogP contribution is -2.45. The second-order valence-corrected chi connectivity index (χ2v) is 7.04. The van der Waals surface area contributed by atoms with E-state index in [0.717, 1.165) is 6.54 Å². The fourth-order valence-corrected chi connectivity index (χ4v) is 1.88. The minimum atomic E-state index is -0.595. The van der Waals surface area contributed by atoms with Crippen LogP contribution in [0.4, 0.5) is 5.69 Å². The highest BCUT2D eigenvalue weighted by molar-refractivity contribution is 6.32. The molecule has 0 saturated heterocycles. The molecule has 0 aliphatic rings. The molecule has 0 bridgehead atoms. The van der Waals surface area contributed by atoms with Gasteiger partial charge in [-0.2, -0.15) is 0 Å². The Balaban J connectivity index is 2.67. The lowest BCUT2D eigenvalue weighted by atomic mass is 9.87. The Morgan fingerprint density at radius 2 is 2.05 bits per heavy atom. The predicted octanol–water partition coefficient (Wildman–Crippen LogP) is 2.59. The number of nitrogens with two attached hydrogens (primary N) is 1. The molecule has 5 nitrogen and oxygen atoms in total. The van der Waals surface area contributed by atoms with E-state index >= 15 is 0 Å². The van der Waals surface area contributed by atoms with Crippen molar-refractivity contribution >= 4 is 23.2 Å². The van der Waals surface area contributed by atoms with Gasteiger partial charge >= 0.3 is 0 Å². The van der Waals surface area contributed by atoms with Crippen molar-refractivity contribution in [1.29, 1.82) is 0 Å². The number of halogens is 1. The maximum Gasteiger partial charge on any atom is 0.241 e. The Morgan fingerprint density at radius 1 is 1.41 bits per heavy atom. The lowest BCUT2D eigenvalue weighted by Gasteiger charge is -2.25. The molecule has 1 amide bonds. The first kappa shape index (κ1) is 18.7. The molecule has 1 rings (SSSR count). The number of carbonyl (C=O) groups is 1. The third-order valence-electron chi connectivity index (χ3n) is 3.21. The molecular formula is C16H26ClN3O2. The zero-order valence-corrected chi connectivity index (χ0v) is 14.7. The Morgan fingerprint density at radius 3 is 2.55 bits per heavy atom. The van der Waals surface area contributed by atoms with E-state index in [4.69, 9.17) is 22.1 Å². The van der Waals surface area contributed by atoms with Crippen molar-refractivity contribution in [2.24, 2.45) is 11.1 Å². The Kier molecular flexibility index (Phi) is 6.66. The van der Waals surface area contributed by atoms with Gasteiger partial charge in [0.15, 0.2) is 0 Å². The summed E-state index contributed by atoms with van der Waals surface area (Å²) in [6, 6.07) is 4.57. The molecule has 0 heterocycles. The van der Waals surface area contributed by atoms with Gasteiger partial charge in [0.05, 0.1) is 11.1 Å². The van der Waals surface area contributed by atoms with Gasteiger partial charge in [-0.1, -0.05) is 32.4 Å². The summed E-state index contributed by atoms with van der Waals surface area (Å²) in [5, 5.41) is 3.24. The minimum absolute atomic E-state index is 0.232. The van der Waals surface area contributed by atoms with Crippen molar-refractivity contribution in [2.75, 3.05) is 32.6 Å². The number of hydrogen-bond acceptors (Lipinski definition) is 4. The molecule has 1 aromatic carbocycles. The highest BCUT2D eigenvalue weighted by Crippen LogP contribution is 2.28. The van der Waals surface area contributed by atoms with Crippen molar-refractivity contribution in [2.45, 2.75) is 26.8 Å².